The molecule has 0 unspecified atom stereocenters. The van der Waals surface area contributed by atoms with Crippen LogP contribution < -0.4 is 9.47 Å². The minimum atomic E-state index is -0.502. The van der Waals surface area contributed by atoms with E-state index in [2.05, 4.69) is 9.99 Å². The summed E-state index contributed by atoms with van der Waals surface area (Å²) in [4.78, 5) is 39.2. The van der Waals surface area contributed by atoms with E-state index in [0.29, 0.717) is 49.7 Å². The van der Waals surface area contributed by atoms with E-state index >= 15 is 0 Å². The molecule has 0 spiro atoms. The molecule has 172 valence electrons. The van der Waals surface area contributed by atoms with Gasteiger partial charge in [-0.15, -0.1) is 0 Å². The second-order valence-electron chi connectivity index (χ2n) is 6.45. The number of rotatable bonds is 14. The number of esters is 2. The first-order valence-corrected chi connectivity index (χ1v) is 9.82. The van der Waals surface area contributed by atoms with Crippen molar-refractivity contribution in [3.8, 4) is 11.5 Å². The molecule has 0 amide bonds. The zero-order valence-corrected chi connectivity index (χ0v) is 18.4. The van der Waals surface area contributed by atoms with E-state index in [0.717, 1.165) is 0 Å². The zero-order chi connectivity index (χ0) is 23.1. The second-order valence-corrected chi connectivity index (χ2v) is 6.45. The van der Waals surface area contributed by atoms with Crippen LogP contribution in [0.2, 0.25) is 0 Å². The van der Waals surface area contributed by atoms with E-state index in [9.17, 15) is 14.4 Å². The largest absolute Gasteiger partial charge is 0.493 e. The van der Waals surface area contributed by atoms with Crippen LogP contribution in [0, 0.1) is 0 Å². The number of oxime groups is 1. The van der Waals surface area contributed by atoms with Crippen molar-refractivity contribution in [3.63, 3.8) is 0 Å². The maximum absolute atomic E-state index is 10.9. The third kappa shape index (κ3) is 12.2. The topological polar surface area (TPSA) is 113 Å². The first-order valence-electron chi connectivity index (χ1n) is 9.82. The number of carbonyl (C=O) groups excluding carboxylic acids is 3. The third-order valence-corrected chi connectivity index (χ3v) is 3.87. The highest BCUT2D eigenvalue weighted by Crippen LogP contribution is 2.27. The molecule has 31 heavy (non-hydrogen) atoms. The van der Waals surface area contributed by atoms with Gasteiger partial charge >= 0.3 is 17.9 Å². The fourth-order valence-electron chi connectivity index (χ4n) is 2.49. The molecule has 0 saturated heterocycles. The van der Waals surface area contributed by atoms with Crippen molar-refractivity contribution in [1.29, 1.82) is 0 Å². The molecule has 0 atom stereocenters. The summed E-state index contributed by atoms with van der Waals surface area (Å²) in [7, 11) is 1.53. The first-order chi connectivity index (χ1) is 14.8. The first kappa shape index (κ1) is 25.9. The Bertz CT molecular complexity index is 731. The summed E-state index contributed by atoms with van der Waals surface area (Å²) >= 11 is 0. The van der Waals surface area contributed by atoms with Crippen LogP contribution in [0.15, 0.2) is 23.4 Å². The summed E-state index contributed by atoms with van der Waals surface area (Å²) < 4.78 is 21.1. The van der Waals surface area contributed by atoms with Crippen LogP contribution >= 0.6 is 0 Å². The number of ether oxygens (including phenoxy) is 4. The van der Waals surface area contributed by atoms with Crippen LogP contribution in [0.3, 0.4) is 0 Å². The lowest BCUT2D eigenvalue weighted by molar-refractivity contribution is -0.142. The Kier molecular flexibility index (Phi) is 12.3. The monoisotopic (exact) mass is 438 g/mol. The molecule has 0 N–H and O–H groups in total. The molecule has 0 bridgehead atoms. The van der Waals surface area contributed by atoms with Crippen molar-refractivity contribution in [1.82, 2.24) is 4.90 Å². The summed E-state index contributed by atoms with van der Waals surface area (Å²) in [5.41, 5.74) is 0.688. The number of nitrogens with zero attached hydrogens (tertiary/aromatic N) is 2. The van der Waals surface area contributed by atoms with Gasteiger partial charge in [-0.25, -0.2) is 4.79 Å². The number of benzene rings is 1. The molecule has 0 heterocycles. The van der Waals surface area contributed by atoms with E-state index < -0.39 is 5.97 Å². The van der Waals surface area contributed by atoms with Gasteiger partial charge in [0.25, 0.3) is 0 Å². The predicted molar refractivity (Wildman–Crippen MR) is 112 cm³/mol. The van der Waals surface area contributed by atoms with Gasteiger partial charge < -0.3 is 23.8 Å². The van der Waals surface area contributed by atoms with Gasteiger partial charge in [-0.3, -0.25) is 14.5 Å². The lowest BCUT2D eigenvalue weighted by Gasteiger charge is -2.22. The summed E-state index contributed by atoms with van der Waals surface area (Å²) in [5.74, 6) is -0.0850. The molecule has 0 saturated carbocycles. The number of carbonyl (C=O) groups is 3. The quantitative estimate of drug-likeness (QED) is 0.141. The Morgan fingerprint density at radius 3 is 2.10 bits per heavy atom. The van der Waals surface area contributed by atoms with Crippen molar-refractivity contribution < 1.29 is 38.2 Å². The highest BCUT2D eigenvalue weighted by molar-refractivity contribution is 5.81. The molecule has 0 aliphatic rings. The maximum Gasteiger partial charge on any atom is 0.331 e. The molecular weight excluding hydrogens is 408 g/mol. The number of methoxy groups -OCH3 is 1. The molecule has 10 heteroatoms. The van der Waals surface area contributed by atoms with Crippen LogP contribution in [-0.2, 0) is 28.7 Å². The Hall–Kier alpha value is -3.14. The zero-order valence-electron chi connectivity index (χ0n) is 18.4. The molecule has 0 aromatic heterocycles. The average molecular weight is 438 g/mol. The number of hydrogen-bond donors (Lipinski definition) is 0. The number of hydrogen-bond acceptors (Lipinski definition) is 10. The fourth-order valence-corrected chi connectivity index (χ4v) is 2.49. The van der Waals surface area contributed by atoms with E-state index in [1.54, 1.807) is 18.2 Å². The SMILES string of the molecule is COc1cc(C=NOC(C)=O)ccc1OCCCN(CCOC(C)=O)CCOC(C)=O. The van der Waals surface area contributed by atoms with Crippen LogP contribution in [0.4, 0.5) is 0 Å². The van der Waals surface area contributed by atoms with Gasteiger partial charge in [-0.05, 0) is 24.6 Å². The lowest BCUT2D eigenvalue weighted by Crippen LogP contribution is -2.33. The van der Waals surface area contributed by atoms with Gasteiger partial charge in [0.15, 0.2) is 11.5 Å². The molecule has 1 aromatic rings. The van der Waals surface area contributed by atoms with E-state index in [-0.39, 0.29) is 25.2 Å². The summed E-state index contributed by atoms with van der Waals surface area (Å²) in [5, 5.41) is 3.57. The Morgan fingerprint density at radius 1 is 0.903 bits per heavy atom. The van der Waals surface area contributed by atoms with Crippen LogP contribution in [0.5, 0.6) is 11.5 Å². The minimum Gasteiger partial charge on any atom is -0.493 e. The average Bonchev–Trinajstić information content (AvgIpc) is 2.70. The van der Waals surface area contributed by atoms with E-state index in [1.165, 1.54) is 34.1 Å². The fraction of sp³-hybridized carbons (Fsp3) is 0.524. The molecule has 0 fully saturated rings. The standard InChI is InChI=1S/C21H30N2O8/c1-16(24)28-12-9-23(10-13-29-17(2)25)8-5-11-30-20-7-6-19(14-21(20)27-4)15-22-31-18(3)26/h6-7,14-15H,5,8-13H2,1-4H3. The van der Waals surface area contributed by atoms with Gasteiger partial charge in [0.2, 0.25) is 0 Å². The van der Waals surface area contributed by atoms with Gasteiger partial charge in [0, 0.05) is 46.0 Å². The highest BCUT2D eigenvalue weighted by atomic mass is 16.7. The third-order valence-electron chi connectivity index (χ3n) is 3.87. The molecule has 0 aliphatic carbocycles. The van der Waals surface area contributed by atoms with Crippen LogP contribution in [0.1, 0.15) is 32.8 Å². The molecule has 1 rings (SSSR count). The maximum atomic E-state index is 10.9. The molecule has 0 radical (unpaired) electrons. The summed E-state index contributed by atoms with van der Waals surface area (Å²) in [6.07, 6.45) is 2.09. The molecule has 1 aromatic carbocycles. The van der Waals surface area contributed by atoms with Crippen molar-refractivity contribution in [2.45, 2.75) is 27.2 Å². The van der Waals surface area contributed by atoms with Crippen molar-refractivity contribution in [2.75, 3.05) is 46.6 Å². The van der Waals surface area contributed by atoms with E-state index in [4.69, 9.17) is 18.9 Å². The Morgan fingerprint density at radius 2 is 1.55 bits per heavy atom. The summed E-state index contributed by atoms with van der Waals surface area (Å²) in [6.45, 7) is 6.66. The lowest BCUT2D eigenvalue weighted by atomic mass is 10.2. The smallest absolute Gasteiger partial charge is 0.331 e. The van der Waals surface area contributed by atoms with Crippen LogP contribution in [-0.4, -0.2) is 75.6 Å². The van der Waals surface area contributed by atoms with Crippen molar-refractivity contribution in [2.24, 2.45) is 5.16 Å². The van der Waals surface area contributed by atoms with E-state index in [1.807, 2.05) is 4.90 Å². The molecular formula is C21H30N2O8. The van der Waals surface area contributed by atoms with Gasteiger partial charge in [-0.1, -0.05) is 5.16 Å². The Labute approximate surface area is 182 Å². The van der Waals surface area contributed by atoms with Crippen molar-refractivity contribution >= 4 is 24.1 Å². The minimum absolute atomic E-state index is 0.264. The Balaban J connectivity index is 2.53. The summed E-state index contributed by atoms with van der Waals surface area (Å²) in [6, 6.07) is 5.22. The van der Waals surface area contributed by atoms with Crippen LogP contribution in [0.25, 0.3) is 0 Å². The van der Waals surface area contributed by atoms with Crippen molar-refractivity contribution in [3.05, 3.63) is 23.8 Å². The highest BCUT2D eigenvalue weighted by Gasteiger charge is 2.09. The van der Waals surface area contributed by atoms with Gasteiger partial charge in [0.05, 0.1) is 19.9 Å². The molecule has 0 aliphatic heterocycles. The normalized spacial score (nSPS) is 10.7. The predicted octanol–water partition coefficient (Wildman–Crippen LogP) is 1.79. The van der Waals surface area contributed by atoms with Gasteiger partial charge in [-0.2, -0.15) is 0 Å². The molecule has 10 nitrogen and oxygen atoms in total. The second kappa shape index (κ2) is 14.8. The van der Waals surface area contributed by atoms with Gasteiger partial charge in [0.1, 0.15) is 13.2 Å².